The Morgan fingerprint density at radius 3 is 0.588 bits per heavy atom. The van der Waals surface area contributed by atoms with Crippen molar-refractivity contribution in [1.29, 1.82) is 0 Å². The van der Waals surface area contributed by atoms with Gasteiger partial charge in [-0.05, 0) is 253 Å². The number of hydrogen-bond donors (Lipinski definition) is 0. The van der Waals surface area contributed by atoms with Crippen LogP contribution < -0.4 is 9.80 Å². The summed E-state index contributed by atoms with van der Waals surface area (Å²) in [6.45, 7) is 0. The highest BCUT2D eigenvalue weighted by molar-refractivity contribution is 6.02. The van der Waals surface area contributed by atoms with Crippen molar-refractivity contribution in [2.24, 2.45) is 0 Å². The third kappa shape index (κ3) is 17.7. The zero-order valence-electron chi connectivity index (χ0n) is 72.4. The lowest BCUT2D eigenvalue weighted by atomic mass is 9.92. The quantitative estimate of drug-likeness (QED) is 0.0710. The van der Waals surface area contributed by atoms with E-state index in [0.717, 1.165) is 39.8 Å². The molecule has 131 heavy (non-hydrogen) atoms. The molecule has 0 aliphatic heterocycles. The average Bonchev–Trinajstić information content (AvgIpc) is 1.74. The fraction of sp³-hybridized carbons (Fsp3) is 0. The maximum Gasteiger partial charge on any atom is 0.0534 e. The zero-order chi connectivity index (χ0) is 87.4. The molecule has 22 rings (SSSR count). The molecule has 22 aromatic rings. The van der Waals surface area contributed by atoms with Crippen LogP contribution in [-0.2, 0) is 0 Å². The van der Waals surface area contributed by atoms with Gasteiger partial charge < -0.3 is 14.4 Å². The average molecular weight is 1670 g/mol. The summed E-state index contributed by atoms with van der Waals surface area (Å²) in [6, 6.07) is 197. The van der Waals surface area contributed by atoms with Crippen molar-refractivity contribution in [3.8, 4) is 161 Å². The van der Waals surface area contributed by atoms with Crippen LogP contribution in [0.5, 0.6) is 0 Å². The fourth-order valence-corrected chi connectivity index (χ4v) is 18.1. The molecule has 0 aliphatic carbocycles. The van der Waals surface area contributed by atoms with Crippen LogP contribution in [0.2, 0.25) is 0 Å². The van der Waals surface area contributed by atoms with Gasteiger partial charge in [0.25, 0.3) is 0 Å². The first-order chi connectivity index (χ1) is 64.9. The van der Waals surface area contributed by atoms with Crippen molar-refractivity contribution in [2.45, 2.75) is 0 Å². The van der Waals surface area contributed by atoms with Gasteiger partial charge in [0.15, 0.2) is 0 Å². The zero-order valence-corrected chi connectivity index (χ0v) is 72.4. The van der Waals surface area contributed by atoms with Crippen LogP contribution in [0.4, 0.5) is 34.1 Å². The summed E-state index contributed by atoms with van der Waals surface area (Å²) >= 11 is 0. The minimum atomic E-state index is 1.08. The standard InChI is InChI=1S/C66H47N.C62H44N2/c1-5-13-48(14-6-1)51-21-27-54(28-22-51)57-33-35-61(36-34-57)65-46-45-64(47-66(65)60-19-11-4-12-20-60)67(62-41-37-58(38-42-62)55-29-23-52(24-30-55)49-15-7-2-8-16-49)63-43-39-59(40-44-63)56-31-25-53(26-32-56)50-17-9-3-10-18-50;1-5-14-45(15-6-1)47-24-28-49(29-25-47)51-32-36-55(37-33-51)64(56-38-34-52(35-39-56)50-30-26-48(27-31-50)46-16-7-2-8-17-46)57-40-41-59(61(44-57)53-18-9-3-10-19-53)58-22-13-23-62-60(58)42-43-63(62)54-20-11-4-12-21-54/h1-47H;1-44H. The van der Waals surface area contributed by atoms with Gasteiger partial charge in [-0.25, -0.2) is 0 Å². The lowest BCUT2D eigenvalue weighted by Crippen LogP contribution is -2.10. The first-order valence-corrected chi connectivity index (χ1v) is 44.9. The molecule has 1 heterocycles. The van der Waals surface area contributed by atoms with Gasteiger partial charge in [0.1, 0.15) is 0 Å². The molecule has 618 valence electrons. The molecule has 0 unspecified atom stereocenters. The molecule has 0 radical (unpaired) electrons. The van der Waals surface area contributed by atoms with E-state index < -0.39 is 0 Å². The van der Waals surface area contributed by atoms with Crippen LogP contribution >= 0.6 is 0 Å². The molecule has 1 aromatic heterocycles. The largest absolute Gasteiger partial charge is 0.317 e. The molecule has 3 heteroatoms. The highest BCUT2D eigenvalue weighted by Crippen LogP contribution is 2.47. The molecule has 0 N–H and O–H groups in total. The number of benzene rings is 21. The normalized spacial score (nSPS) is 11.1. The maximum atomic E-state index is 2.38. The van der Waals surface area contributed by atoms with Crippen molar-refractivity contribution in [3.63, 3.8) is 0 Å². The number of fused-ring (bicyclic) bond motifs is 1. The van der Waals surface area contributed by atoms with E-state index in [2.05, 4.69) is 567 Å². The van der Waals surface area contributed by atoms with E-state index >= 15 is 0 Å². The topological polar surface area (TPSA) is 11.4 Å². The van der Waals surface area contributed by atoms with E-state index in [1.807, 2.05) is 0 Å². The van der Waals surface area contributed by atoms with Crippen molar-refractivity contribution in [2.75, 3.05) is 9.80 Å². The molecule has 3 nitrogen and oxygen atoms in total. The molecule has 0 spiro atoms. The Labute approximate surface area is 767 Å². The monoisotopic (exact) mass is 1670 g/mol. The Hall–Kier alpha value is -17.2. The highest BCUT2D eigenvalue weighted by atomic mass is 15.1. The van der Waals surface area contributed by atoms with Crippen LogP contribution in [0.15, 0.2) is 552 Å². The van der Waals surface area contributed by atoms with Crippen LogP contribution in [0.25, 0.3) is 172 Å². The number of hydrogen-bond acceptors (Lipinski definition) is 2. The van der Waals surface area contributed by atoms with Crippen LogP contribution in [0.3, 0.4) is 0 Å². The van der Waals surface area contributed by atoms with Crippen molar-refractivity contribution < 1.29 is 0 Å². The SMILES string of the molecule is c1ccc(-c2ccc(-c3ccc(-c4ccc(N(c5ccc(-c6ccc(-c7ccccc7)cc6)cc5)c5ccc(-c6ccc(-c7ccccc7)cc6)cc5)cc4-c4ccccc4)cc3)cc2)cc1.c1ccc(-c2ccc(-c3ccc(N(c4ccc(-c5ccc(-c6ccccc6)cc5)cc4)c4ccc(-c5cccc6c5ccn6-c5ccccc5)c(-c5ccccc5)c4)cc3)cc2)cc1. The van der Waals surface area contributed by atoms with Gasteiger partial charge in [0, 0.05) is 51.4 Å². The molecular formula is C128H91N3. The Morgan fingerprint density at radius 2 is 0.321 bits per heavy atom. The first-order valence-electron chi connectivity index (χ1n) is 44.9. The van der Waals surface area contributed by atoms with Crippen LogP contribution in [-0.4, -0.2) is 4.57 Å². The summed E-state index contributed by atoms with van der Waals surface area (Å²) in [5.41, 5.74) is 42.3. The fourth-order valence-electron chi connectivity index (χ4n) is 18.1. The Kier molecular flexibility index (Phi) is 23.2. The molecule has 0 saturated carbocycles. The molecule has 0 amide bonds. The Morgan fingerprint density at radius 1 is 0.122 bits per heavy atom. The van der Waals surface area contributed by atoms with Crippen molar-refractivity contribution >= 4 is 45.0 Å². The second-order valence-corrected chi connectivity index (χ2v) is 33.1. The Balaban J connectivity index is 0.000000158. The third-order valence-corrected chi connectivity index (χ3v) is 25.1. The van der Waals surface area contributed by atoms with Crippen LogP contribution in [0, 0.1) is 0 Å². The summed E-state index contributed by atoms with van der Waals surface area (Å²) in [4.78, 5) is 4.76. The number of nitrogens with zero attached hydrogens (tertiary/aromatic N) is 3. The molecule has 0 atom stereocenters. The van der Waals surface area contributed by atoms with E-state index in [0.29, 0.717) is 0 Å². The van der Waals surface area contributed by atoms with Gasteiger partial charge in [0.05, 0.1) is 5.52 Å². The smallest absolute Gasteiger partial charge is 0.0534 e. The van der Waals surface area contributed by atoms with Gasteiger partial charge in [-0.2, -0.15) is 0 Å². The van der Waals surface area contributed by atoms with E-state index in [1.54, 1.807) is 0 Å². The molecule has 0 bridgehead atoms. The van der Waals surface area contributed by atoms with Gasteiger partial charge in [-0.1, -0.05) is 449 Å². The van der Waals surface area contributed by atoms with Crippen LogP contribution in [0.1, 0.15) is 0 Å². The third-order valence-electron chi connectivity index (χ3n) is 25.1. The van der Waals surface area contributed by atoms with E-state index in [1.165, 1.54) is 167 Å². The highest BCUT2D eigenvalue weighted by Gasteiger charge is 2.22. The lowest BCUT2D eigenvalue weighted by Gasteiger charge is -2.27. The van der Waals surface area contributed by atoms with E-state index in [-0.39, 0.29) is 0 Å². The second kappa shape index (κ2) is 37.5. The van der Waals surface area contributed by atoms with Gasteiger partial charge in [-0.3, -0.25) is 0 Å². The number of aromatic nitrogens is 1. The predicted molar refractivity (Wildman–Crippen MR) is 555 cm³/mol. The number of para-hydroxylation sites is 1. The molecular weight excluding hydrogens is 1580 g/mol. The van der Waals surface area contributed by atoms with Crippen molar-refractivity contribution in [3.05, 3.63) is 552 Å². The summed E-state index contributed by atoms with van der Waals surface area (Å²) < 4.78 is 2.28. The number of rotatable bonds is 21. The summed E-state index contributed by atoms with van der Waals surface area (Å²) in [6.07, 6.45) is 2.18. The minimum Gasteiger partial charge on any atom is -0.317 e. The molecule has 0 aliphatic rings. The minimum absolute atomic E-state index is 1.08. The number of anilines is 6. The predicted octanol–water partition coefficient (Wildman–Crippen LogP) is 35.6. The van der Waals surface area contributed by atoms with Gasteiger partial charge in [0.2, 0.25) is 0 Å². The van der Waals surface area contributed by atoms with Crippen molar-refractivity contribution in [1.82, 2.24) is 4.57 Å². The van der Waals surface area contributed by atoms with E-state index in [9.17, 15) is 0 Å². The summed E-state index contributed by atoms with van der Waals surface area (Å²) in [5, 5.41) is 1.22. The van der Waals surface area contributed by atoms with Gasteiger partial charge >= 0.3 is 0 Å². The molecule has 21 aromatic carbocycles. The summed E-state index contributed by atoms with van der Waals surface area (Å²) in [7, 11) is 0. The maximum absolute atomic E-state index is 2.38. The molecule has 0 fully saturated rings. The summed E-state index contributed by atoms with van der Waals surface area (Å²) in [5.74, 6) is 0. The second-order valence-electron chi connectivity index (χ2n) is 33.1. The Bertz CT molecular complexity index is 7320. The van der Waals surface area contributed by atoms with E-state index in [4.69, 9.17) is 0 Å². The first kappa shape index (κ1) is 80.8. The molecule has 0 saturated heterocycles. The lowest BCUT2D eigenvalue weighted by molar-refractivity contribution is 1.13. The van der Waals surface area contributed by atoms with Gasteiger partial charge in [-0.15, -0.1) is 0 Å².